The highest BCUT2D eigenvalue weighted by Crippen LogP contribution is 2.17. The van der Waals surface area contributed by atoms with Crippen LogP contribution in [0.4, 0.5) is 0 Å². The Balaban J connectivity index is 0.00000306. The second kappa shape index (κ2) is 12.7. The van der Waals surface area contributed by atoms with Crippen molar-refractivity contribution in [1.29, 1.82) is 0 Å². The van der Waals surface area contributed by atoms with Gasteiger partial charge in [-0.3, -0.25) is 4.99 Å². The molecule has 0 spiro atoms. The summed E-state index contributed by atoms with van der Waals surface area (Å²) in [6, 6.07) is 8.84. The zero-order valence-electron chi connectivity index (χ0n) is 19.9. The van der Waals surface area contributed by atoms with Crippen LogP contribution < -0.4 is 10.6 Å². The van der Waals surface area contributed by atoms with Crippen LogP contribution in [0.25, 0.3) is 0 Å². The van der Waals surface area contributed by atoms with Crippen LogP contribution in [-0.4, -0.2) is 53.1 Å². The van der Waals surface area contributed by atoms with Crippen molar-refractivity contribution in [3.05, 3.63) is 47.0 Å². The highest BCUT2D eigenvalue weighted by Gasteiger charge is 2.23. The van der Waals surface area contributed by atoms with E-state index in [-0.39, 0.29) is 30.0 Å². The molecular weight excluding hydrogens is 531 g/mol. The van der Waals surface area contributed by atoms with Gasteiger partial charge in [-0.25, -0.2) is 9.67 Å². The highest BCUT2D eigenvalue weighted by molar-refractivity contribution is 14.0. The van der Waals surface area contributed by atoms with Crippen molar-refractivity contribution >= 4 is 29.9 Å². The predicted molar refractivity (Wildman–Crippen MR) is 140 cm³/mol. The van der Waals surface area contributed by atoms with E-state index in [1.165, 1.54) is 11.1 Å². The van der Waals surface area contributed by atoms with Gasteiger partial charge >= 0.3 is 0 Å². The van der Waals surface area contributed by atoms with Crippen molar-refractivity contribution in [2.24, 2.45) is 4.99 Å². The average Bonchev–Trinajstić information content (AvgIpc) is 3.25. The molecule has 1 saturated heterocycles. The van der Waals surface area contributed by atoms with E-state index in [0.29, 0.717) is 25.2 Å². The summed E-state index contributed by atoms with van der Waals surface area (Å²) in [6.07, 6.45) is 4.24. The minimum Gasteiger partial charge on any atom is -0.381 e. The fourth-order valence-electron chi connectivity index (χ4n) is 4.15. The molecule has 1 fully saturated rings. The van der Waals surface area contributed by atoms with Gasteiger partial charge < -0.3 is 20.1 Å². The summed E-state index contributed by atoms with van der Waals surface area (Å²) in [5.41, 5.74) is 2.41. The van der Waals surface area contributed by atoms with E-state index in [1.807, 2.05) is 11.7 Å². The fraction of sp³-hybridized carbons (Fsp3) is 0.625. The normalized spacial score (nSPS) is 19.2. The second-order valence-electron chi connectivity index (χ2n) is 8.97. The van der Waals surface area contributed by atoms with Gasteiger partial charge in [0.25, 0.3) is 0 Å². The number of nitrogens with zero attached hydrogens (tertiary/aromatic N) is 4. The maximum absolute atomic E-state index is 6.07. The van der Waals surface area contributed by atoms with E-state index in [1.54, 1.807) is 0 Å². The third kappa shape index (κ3) is 7.38. The summed E-state index contributed by atoms with van der Waals surface area (Å²) in [7, 11) is 1.81. The van der Waals surface area contributed by atoms with Gasteiger partial charge in [0, 0.05) is 45.2 Å². The first-order valence-corrected chi connectivity index (χ1v) is 11.8. The third-order valence-electron chi connectivity index (χ3n) is 6.06. The van der Waals surface area contributed by atoms with Crippen LogP contribution in [0.2, 0.25) is 0 Å². The average molecular weight is 569 g/mol. The van der Waals surface area contributed by atoms with Crippen LogP contribution in [0.1, 0.15) is 61.8 Å². The van der Waals surface area contributed by atoms with Gasteiger partial charge in [-0.15, -0.1) is 24.0 Å². The van der Waals surface area contributed by atoms with Crippen molar-refractivity contribution in [3.8, 4) is 0 Å². The molecule has 0 aliphatic carbocycles. The van der Waals surface area contributed by atoms with Gasteiger partial charge in [0.15, 0.2) is 11.8 Å². The number of aryl methyl sites for hydroxylation is 1. The molecule has 0 bridgehead atoms. The Morgan fingerprint density at radius 2 is 2.03 bits per heavy atom. The number of aromatic nitrogens is 3. The van der Waals surface area contributed by atoms with Crippen molar-refractivity contribution in [1.82, 2.24) is 25.4 Å². The van der Waals surface area contributed by atoms with E-state index in [4.69, 9.17) is 9.47 Å². The molecule has 3 heterocycles. The lowest BCUT2D eigenvalue weighted by Crippen LogP contribution is -2.46. The monoisotopic (exact) mass is 568 g/mol. The summed E-state index contributed by atoms with van der Waals surface area (Å²) in [4.78, 5) is 9.09. The lowest BCUT2D eigenvalue weighted by atomic mass is 10.1. The lowest BCUT2D eigenvalue weighted by Gasteiger charge is -2.25. The number of fused-ring (bicyclic) bond motifs is 1. The summed E-state index contributed by atoms with van der Waals surface area (Å²) in [5.74, 6) is 3.19. The Bertz CT molecular complexity index is 910. The number of ether oxygens (including phenoxy) is 2. The minimum atomic E-state index is 0. The second-order valence-corrected chi connectivity index (χ2v) is 8.97. The zero-order chi connectivity index (χ0) is 22.3. The Kier molecular flexibility index (Phi) is 9.94. The van der Waals surface area contributed by atoms with Crippen LogP contribution in [0.3, 0.4) is 0 Å². The number of rotatable bonds is 7. The number of guanidine groups is 1. The molecule has 4 rings (SSSR count). The molecule has 2 aromatic rings. The molecule has 1 aromatic heterocycles. The SMILES string of the molecule is CN=C(NCc1cccc(COC2CCOCC2)c1)NC1CCc2nc(C(C)C)nn2C1.I. The molecule has 0 radical (unpaired) electrons. The highest BCUT2D eigenvalue weighted by atomic mass is 127. The van der Waals surface area contributed by atoms with Gasteiger partial charge in [-0.05, 0) is 30.4 Å². The lowest BCUT2D eigenvalue weighted by molar-refractivity contribution is -0.0390. The van der Waals surface area contributed by atoms with E-state index < -0.39 is 0 Å². The maximum atomic E-state index is 6.07. The molecule has 1 unspecified atom stereocenters. The number of aliphatic imine (C=N–C) groups is 1. The Morgan fingerprint density at radius 3 is 2.79 bits per heavy atom. The van der Waals surface area contributed by atoms with E-state index in [2.05, 4.69) is 63.8 Å². The molecule has 2 N–H and O–H groups in total. The number of benzene rings is 1. The Hall–Kier alpha value is -1.72. The van der Waals surface area contributed by atoms with E-state index >= 15 is 0 Å². The van der Waals surface area contributed by atoms with Gasteiger partial charge in [0.2, 0.25) is 0 Å². The molecule has 8 nitrogen and oxygen atoms in total. The Morgan fingerprint density at radius 1 is 1.24 bits per heavy atom. The smallest absolute Gasteiger partial charge is 0.191 e. The number of hydrogen-bond acceptors (Lipinski definition) is 5. The first-order valence-electron chi connectivity index (χ1n) is 11.8. The van der Waals surface area contributed by atoms with Gasteiger partial charge in [0.1, 0.15) is 5.82 Å². The number of nitrogens with one attached hydrogen (secondary N) is 2. The molecule has 182 valence electrons. The number of halogens is 1. The van der Waals surface area contributed by atoms with Crippen LogP contribution in [-0.2, 0) is 35.6 Å². The minimum absolute atomic E-state index is 0. The van der Waals surface area contributed by atoms with E-state index in [0.717, 1.165) is 63.1 Å². The topological polar surface area (TPSA) is 85.6 Å². The van der Waals surface area contributed by atoms with Crippen molar-refractivity contribution in [2.75, 3.05) is 20.3 Å². The Labute approximate surface area is 214 Å². The fourth-order valence-corrected chi connectivity index (χ4v) is 4.15. The van der Waals surface area contributed by atoms with Crippen molar-refractivity contribution < 1.29 is 9.47 Å². The van der Waals surface area contributed by atoms with E-state index in [9.17, 15) is 0 Å². The van der Waals surface area contributed by atoms with Gasteiger partial charge in [0.05, 0.1) is 19.3 Å². The van der Waals surface area contributed by atoms with Gasteiger partial charge in [-0.1, -0.05) is 38.1 Å². The van der Waals surface area contributed by atoms with Crippen LogP contribution in [0, 0.1) is 0 Å². The van der Waals surface area contributed by atoms with Crippen LogP contribution >= 0.6 is 24.0 Å². The quantitative estimate of drug-likeness (QED) is 0.303. The molecular formula is C24H37IN6O2. The number of hydrogen-bond donors (Lipinski definition) is 2. The summed E-state index contributed by atoms with van der Waals surface area (Å²) in [5, 5.41) is 11.7. The summed E-state index contributed by atoms with van der Waals surface area (Å²) < 4.78 is 13.5. The van der Waals surface area contributed by atoms with Crippen molar-refractivity contribution in [2.45, 2.75) is 77.3 Å². The molecule has 1 atom stereocenters. The summed E-state index contributed by atoms with van der Waals surface area (Å²) >= 11 is 0. The third-order valence-corrected chi connectivity index (χ3v) is 6.06. The zero-order valence-corrected chi connectivity index (χ0v) is 22.2. The molecule has 2 aliphatic heterocycles. The van der Waals surface area contributed by atoms with Crippen LogP contribution in [0.5, 0.6) is 0 Å². The standard InChI is InChI=1S/C24H36N6O2.HI/c1-17(2)23-28-22-8-7-20(15-30(22)29-23)27-24(25-3)26-14-18-5-4-6-19(13-18)16-32-21-9-11-31-12-10-21;/h4-6,13,17,20-21H,7-12,14-16H2,1-3H3,(H2,25,26,27);1H. The van der Waals surface area contributed by atoms with Crippen molar-refractivity contribution in [3.63, 3.8) is 0 Å². The van der Waals surface area contributed by atoms with Crippen LogP contribution in [0.15, 0.2) is 29.3 Å². The summed E-state index contributed by atoms with van der Waals surface area (Å²) in [6.45, 7) is 8.05. The maximum Gasteiger partial charge on any atom is 0.191 e. The molecule has 33 heavy (non-hydrogen) atoms. The first-order chi connectivity index (χ1) is 15.6. The largest absolute Gasteiger partial charge is 0.381 e. The van der Waals surface area contributed by atoms with Gasteiger partial charge in [-0.2, -0.15) is 5.10 Å². The molecule has 2 aliphatic rings. The molecule has 0 saturated carbocycles. The predicted octanol–water partition coefficient (Wildman–Crippen LogP) is 3.40. The molecule has 0 amide bonds. The molecule has 1 aromatic carbocycles. The molecule has 9 heteroatoms. The first kappa shape index (κ1) is 25.9.